The Morgan fingerprint density at radius 2 is 0.645 bits per heavy atom. The zero-order chi connectivity index (χ0) is 98.8. The predicted molar refractivity (Wildman–Crippen MR) is 560 cm³/mol. The number of amides is 5. The van der Waals surface area contributed by atoms with E-state index in [9.17, 15) is 47.9 Å². The van der Waals surface area contributed by atoms with Crippen molar-refractivity contribution < 1.29 is 24.0 Å². The van der Waals surface area contributed by atoms with Gasteiger partial charge in [-0.05, 0) is 237 Å². The fourth-order valence-corrected chi connectivity index (χ4v) is 17.9. The minimum Gasteiger partial charge on any atom is -0.351 e. The zero-order valence-electron chi connectivity index (χ0n) is 80.3. The molecule has 10 aromatic carbocycles. The molecule has 5 N–H and O–H groups in total. The summed E-state index contributed by atoms with van der Waals surface area (Å²) in [6.45, 7) is 19.1. The van der Waals surface area contributed by atoms with Crippen LogP contribution in [0.25, 0.3) is 137 Å². The summed E-state index contributed by atoms with van der Waals surface area (Å²) in [4.78, 5) is 163. The van der Waals surface area contributed by atoms with Crippen molar-refractivity contribution in [2.45, 2.75) is 52.7 Å². The summed E-state index contributed by atoms with van der Waals surface area (Å²) < 4.78 is 7.26. The van der Waals surface area contributed by atoms with E-state index in [0.717, 1.165) is 106 Å². The summed E-state index contributed by atoms with van der Waals surface area (Å²) in [6, 6.07) is 75.5. The third kappa shape index (κ3) is 20.4. The third-order valence-electron chi connectivity index (χ3n) is 25.7. The summed E-state index contributed by atoms with van der Waals surface area (Å²) in [5, 5.41) is 27.6. The van der Waals surface area contributed by atoms with Crippen molar-refractivity contribution in [2.75, 3.05) is 114 Å². The van der Waals surface area contributed by atoms with Gasteiger partial charge in [0.1, 0.15) is 0 Å². The van der Waals surface area contributed by atoms with E-state index in [1.165, 1.54) is 22.0 Å². The Kier molecular flexibility index (Phi) is 27.3. The van der Waals surface area contributed by atoms with Crippen molar-refractivity contribution in [3.8, 4) is 0 Å². The monoisotopic (exact) mass is 1880 g/mol. The number of hydrogen-bond acceptors (Lipinski definition) is 20. The number of hydrogen-bond donors (Lipinski definition) is 5. The van der Waals surface area contributed by atoms with Gasteiger partial charge in [-0.2, -0.15) is 0 Å². The topological polar surface area (TPSA) is 334 Å². The maximum atomic E-state index is 13.1. The van der Waals surface area contributed by atoms with Gasteiger partial charge in [0, 0.05) is 115 Å². The van der Waals surface area contributed by atoms with Crippen LogP contribution < -0.4 is 54.4 Å². The van der Waals surface area contributed by atoms with Crippen molar-refractivity contribution in [3.63, 3.8) is 0 Å². The van der Waals surface area contributed by atoms with Crippen molar-refractivity contribution >= 4 is 166 Å². The minimum absolute atomic E-state index is 0.0288. The number of nitrogens with zero attached hydrogens (tertiary/aromatic N) is 15. The van der Waals surface area contributed by atoms with Crippen molar-refractivity contribution in [1.82, 2.24) is 98.0 Å². The van der Waals surface area contributed by atoms with Crippen molar-refractivity contribution in [2.24, 2.45) is 5.41 Å². The average molecular weight is 1880 g/mol. The lowest BCUT2D eigenvalue weighted by atomic mass is 9.97. The van der Waals surface area contributed by atoms with Gasteiger partial charge in [-0.25, -0.2) is 24.9 Å². The average Bonchev–Trinajstić information content (AvgIpc) is 0.769. The summed E-state index contributed by atoms with van der Waals surface area (Å²) in [7, 11) is 12.0. The van der Waals surface area contributed by atoms with E-state index in [4.69, 9.17) is 4.98 Å². The summed E-state index contributed by atoms with van der Waals surface area (Å²) in [5.74, 6) is -1.11. The van der Waals surface area contributed by atoms with E-state index in [1.807, 2.05) is 241 Å². The molecule has 0 saturated carbocycles. The molecule has 0 bridgehead atoms. The van der Waals surface area contributed by atoms with Crippen LogP contribution >= 0.6 is 0 Å². The molecule has 12 heterocycles. The van der Waals surface area contributed by atoms with Gasteiger partial charge in [0.2, 0.25) is 0 Å². The van der Waals surface area contributed by atoms with Crippen molar-refractivity contribution in [1.29, 1.82) is 0 Å². The van der Waals surface area contributed by atoms with Gasteiger partial charge in [-0.1, -0.05) is 142 Å². The van der Waals surface area contributed by atoms with Gasteiger partial charge in [0.15, 0.2) is 28.2 Å². The van der Waals surface area contributed by atoms with Gasteiger partial charge in [0.05, 0.1) is 88.4 Å². The Morgan fingerprint density at radius 3 is 0.936 bits per heavy atom. The molecule has 2 fully saturated rings. The maximum Gasteiger partial charge on any atom is 0.265 e. The van der Waals surface area contributed by atoms with Crippen LogP contribution in [0.5, 0.6) is 0 Å². The highest BCUT2D eigenvalue weighted by atomic mass is 16.2. The van der Waals surface area contributed by atoms with Crippen LogP contribution in [0.15, 0.2) is 298 Å². The lowest BCUT2D eigenvalue weighted by molar-refractivity contribution is 0.0856. The first kappa shape index (κ1) is 95.1. The van der Waals surface area contributed by atoms with Gasteiger partial charge in [-0.3, -0.25) is 74.8 Å². The van der Waals surface area contributed by atoms with E-state index in [-0.39, 0.29) is 80.9 Å². The standard InChI is InChI=1S/C24H25N5O2.2C22H22N4O2.C22H21N3O2.C21H18N4O2/c1-27-11-13-28(14-12-27)10-8-25-23(30)19-7-4-9-29-22(19)26-21-16-18-6-3-2-5-17(18)15-20(21)24(29)31;1-14(13-25(2)3)23-21(27)17-9-6-10-26-20(17)24-19-12-16-8-5-4-7-15(16)11-18(19)22(26)28;1-14(25(2)3)13-23-21(27)17-9-6-10-26-20(17)24-19-12-16-8-5-4-7-15(16)11-18(19)22(26)28;1-22(2,3)13-23-20(26)16-9-6-10-25-19(16)24-18-12-15-8-5-4-7-14(15)11-17(18)21(25)27;1-24-11-15(12-24)22-20(26)16-7-4-8-25-19(16)23-18-10-14-6-3-2-5-13(14)9-17(18)21(25)27/h2-7,9,15-16H,8,10-14H2,1H3,(H,25,30);2*4-12,14H,13H2,1-3H3,(H,23,27);4-12H,13H2,1-3H3,(H,23,26);2-10,15H,11-12H2,1H3,(H,22,26). The van der Waals surface area contributed by atoms with Crippen LogP contribution in [0.1, 0.15) is 86.4 Å². The van der Waals surface area contributed by atoms with Crippen LogP contribution in [0.2, 0.25) is 0 Å². The lowest BCUT2D eigenvalue weighted by Gasteiger charge is -2.36. The Balaban J connectivity index is 0.000000117. The molecule has 0 spiro atoms. The highest BCUT2D eigenvalue weighted by Crippen LogP contribution is 2.29. The largest absolute Gasteiger partial charge is 0.351 e. The number of fused-ring (bicyclic) bond motifs is 15. The molecule has 2 aliphatic rings. The molecule has 2 saturated heterocycles. The normalized spacial score (nSPS) is 13.7. The number of piperazine rings is 1. The molecule has 0 radical (unpaired) electrons. The van der Waals surface area contributed by atoms with E-state index >= 15 is 0 Å². The van der Waals surface area contributed by atoms with Crippen LogP contribution in [0.4, 0.5) is 0 Å². The predicted octanol–water partition coefficient (Wildman–Crippen LogP) is 13.2. The second kappa shape index (κ2) is 40.4. The number of likely N-dealkylation sites (N-methyl/N-ethyl adjacent to an activating group) is 4. The molecular weight excluding hydrogens is 1770 g/mol. The van der Waals surface area contributed by atoms with Gasteiger partial charge < -0.3 is 46.2 Å². The van der Waals surface area contributed by atoms with Crippen LogP contribution in [0.3, 0.4) is 0 Å². The number of pyridine rings is 5. The quantitative estimate of drug-likeness (QED) is 0.0561. The molecule has 0 aliphatic carbocycles. The number of benzene rings is 10. The Hall–Kier alpha value is -16.3. The SMILES string of the molecule is CC(C)(C)CNC(=O)c1cccn2c(=O)c3cc4ccccc4cc3nc12.CC(CN(C)C)NC(=O)c1cccn2c(=O)c3cc4ccccc4cc3nc12.CC(CNC(=O)c1cccn2c(=O)c3cc4ccccc4cc3nc12)N(C)C.CN1CC(NC(=O)c2cccn3c(=O)c4cc5ccccc5cc4nc23)C1.CN1CCN(CCNC(=O)c2cccn3c(=O)c4cc5ccccc5cc4nc23)CC1. The van der Waals surface area contributed by atoms with Crippen molar-refractivity contribution in [3.05, 3.63) is 353 Å². The summed E-state index contributed by atoms with van der Waals surface area (Å²) >= 11 is 0. The molecule has 5 amide bonds. The number of likely N-dealkylation sites (tertiary alicyclic amines) is 1. The van der Waals surface area contributed by atoms with Gasteiger partial charge in [0.25, 0.3) is 57.3 Å². The molecule has 2 unspecified atom stereocenters. The van der Waals surface area contributed by atoms with Gasteiger partial charge >= 0.3 is 0 Å². The number of rotatable bonds is 16. The Labute approximate surface area is 809 Å². The molecule has 141 heavy (non-hydrogen) atoms. The fraction of sp³-hybridized carbons (Fsp3) is 0.234. The number of nitrogens with one attached hydrogen (secondary N) is 5. The van der Waals surface area contributed by atoms with Crippen LogP contribution in [0, 0.1) is 5.41 Å². The first-order valence-electron chi connectivity index (χ1n) is 47.0. The molecule has 712 valence electrons. The second-order valence-corrected chi connectivity index (χ2v) is 37.9. The Morgan fingerprint density at radius 1 is 0.362 bits per heavy atom. The first-order valence-corrected chi connectivity index (χ1v) is 47.0. The molecule has 30 heteroatoms. The van der Waals surface area contributed by atoms with E-state index < -0.39 is 0 Å². The number of carbonyl (C=O) groups excluding carboxylic acids is 5. The maximum absolute atomic E-state index is 13.1. The molecule has 20 aromatic rings. The molecule has 30 nitrogen and oxygen atoms in total. The smallest absolute Gasteiger partial charge is 0.265 e. The van der Waals surface area contributed by atoms with Gasteiger partial charge in [-0.15, -0.1) is 0 Å². The minimum atomic E-state index is -0.237. The molecule has 10 aromatic heterocycles. The van der Waals surface area contributed by atoms with E-state index in [2.05, 4.69) is 89.0 Å². The second-order valence-electron chi connectivity index (χ2n) is 37.9. The molecule has 2 aliphatic heterocycles. The number of aromatic nitrogens is 10. The lowest BCUT2D eigenvalue weighted by Crippen LogP contribution is -2.57. The van der Waals surface area contributed by atoms with E-state index in [0.29, 0.717) is 130 Å². The van der Waals surface area contributed by atoms with E-state index in [1.54, 1.807) is 91.6 Å². The molecule has 22 rings (SSSR count). The number of carbonyl (C=O) groups is 5. The summed E-state index contributed by atoms with van der Waals surface area (Å²) in [6.07, 6.45) is 8.28. The molecular formula is C111H108N20O10. The zero-order valence-corrected chi connectivity index (χ0v) is 80.3. The summed E-state index contributed by atoms with van der Waals surface area (Å²) in [5.41, 5.74) is 5.94. The molecule has 2 atom stereocenters. The third-order valence-corrected chi connectivity index (χ3v) is 25.7. The highest BCUT2D eigenvalue weighted by molar-refractivity contribution is 6.08. The first-order chi connectivity index (χ1) is 67.9. The highest BCUT2D eigenvalue weighted by Gasteiger charge is 2.28. The van der Waals surface area contributed by atoms with Crippen LogP contribution in [-0.4, -0.2) is 233 Å². The fourth-order valence-electron chi connectivity index (χ4n) is 17.9. The Bertz CT molecular complexity index is 8720. The van der Waals surface area contributed by atoms with Crippen LogP contribution in [-0.2, 0) is 0 Å².